The molecule has 122 valence electrons. The lowest BCUT2D eigenvalue weighted by Gasteiger charge is -2.35. The van der Waals surface area contributed by atoms with Crippen molar-refractivity contribution in [1.29, 1.82) is 0 Å². The van der Waals surface area contributed by atoms with Gasteiger partial charge in [-0.25, -0.2) is 4.99 Å². The molecule has 1 saturated heterocycles. The van der Waals surface area contributed by atoms with Crippen LogP contribution in [0, 0.1) is 5.41 Å². The first-order valence-electron chi connectivity index (χ1n) is 7.78. The summed E-state index contributed by atoms with van der Waals surface area (Å²) in [5.74, 6) is 0.795. The van der Waals surface area contributed by atoms with E-state index < -0.39 is 0 Å². The summed E-state index contributed by atoms with van der Waals surface area (Å²) < 4.78 is 18.8. The number of nitrogens with zero attached hydrogens (tertiary/aromatic N) is 2. The van der Waals surface area contributed by atoms with Crippen LogP contribution in [0.25, 0.3) is 0 Å². The van der Waals surface area contributed by atoms with Crippen LogP contribution in [0.2, 0.25) is 0 Å². The topological polar surface area (TPSA) is 36.9 Å². The van der Waals surface area contributed by atoms with Crippen LogP contribution in [0.15, 0.2) is 35.3 Å². The molecule has 1 aliphatic rings. The van der Waals surface area contributed by atoms with Crippen molar-refractivity contribution in [2.75, 3.05) is 40.5 Å². The van der Waals surface area contributed by atoms with Gasteiger partial charge in [-0.1, -0.05) is 30.3 Å². The smallest absolute Gasteiger partial charge is 0.193 e. The van der Waals surface area contributed by atoms with E-state index in [0.29, 0.717) is 26.3 Å². The van der Waals surface area contributed by atoms with Gasteiger partial charge in [0.1, 0.15) is 0 Å². The summed E-state index contributed by atoms with van der Waals surface area (Å²) in [5, 5.41) is 3.33. The minimum atomic E-state index is -0.318. The van der Waals surface area contributed by atoms with Gasteiger partial charge in [-0.15, -0.1) is 0 Å². The summed E-state index contributed by atoms with van der Waals surface area (Å²) in [6, 6.07) is 10.1. The predicted octanol–water partition coefficient (Wildman–Crippen LogP) is 2.46. The Kier molecular flexibility index (Phi) is 6.19. The number of hydrogen-bond donors (Lipinski definition) is 1. The van der Waals surface area contributed by atoms with E-state index in [9.17, 15) is 4.39 Å². The molecule has 1 fully saturated rings. The molecular formula is C17H26FN3O. The molecule has 1 aromatic carbocycles. The van der Waals surface area contributed by atoms with E-state index in [1.807, 2.05) is 37.2 Å². The van der Waals surface area contributed by atoms with E-state index in [0.717, 1.165) is 24.4 Å². The van der Waals surface area contributed by atoms with Gasteiger partial charge in [0.15, 0.2) is 5.96 Å². The maximum atomic E-state index is 13.5. The van der Waals surface area contributed by atoms with Gasteiger partial charge >= 0.3 is 0 Å². The number of ether oxygens (including phenoxy) is 1. The molecule has 5 heteroatoms. The van der Waals surface area contributed by atoms with Crippen LogP contribution < -0.4 is 5.32 Å². The quantitative estimate of drug-likeness (QED) is 0.671. The summed E-state index contributed by atoms with van der Waals surface area (Å²) in [6.45, 7) is 2.18. The van der Waals surface area contributed by atoms with Gasteiger partial charge in [0.05, 0.1) is 13.2 Å². The summed E-state index contributed by atoms with van der Waals surface area (Å²) in [4.78, 5) is 6.56. The molecule has 2 rings (SSSR count). The third kappa shape index (κ3) is 4.70. The Hall–Kier alpha value is -1.62. The monoisotopic (exact) mass is 307 g/mol. The second-order valence-electron chi connectivity index (χ2n) is 6.12. The van der Waals surface area contributed by atoms with Gasteiger partial charge in [0.25, 0.3) is 0 Å². The molecule has 0 bridgehead atoms. The van der Waals surface area contributed by atoms with E-state index in [4.69, 9.17) is 4.74 Å². The van der Waals surface area contributed by atoms with Gasteiger partial charge in [0.2, 0.25) is 0 Å². The van der Waals surface area contributed by atoms with Crippen LogP contribution >= 0.6 is 0 Å². The molecule has 0 spiro atoms. The number of hydrogen-bond acceptors (Lipinski definition) is 2. The Morgan fingerprint density at radius 3 is 2.55 bits per heavy atom. The molecule has 1 N–H and O–H groups in total. The summed E-state index contributed by atoms with van der Waals surface area (Å²) in [6.07, 6.45) is 1.52. The van der Waals surface area contributed by atoms with Crippen molar-refractivity contribution < 1.29 is 9.13 Å². The zero-order chi connectivity index (χ0) is 15.8. The highest BCUT2D eigenvalue weighted by Crippen LogP contribution is 2.30. The Morgan fingerprint density at radius 1 is 1.27 bits per heavy atom. The van der Waals surface area contributed by atoms with Gasteiger partial charge in [0, 0.05) is 39.3 Å². The molecule has 0 saturated carbocycles. The number of nitrogens with one attached hydrogen (secondary N) is 1. The Bertz CT molecular complexity index is 470. The van der Waals surface area contributed by atoms with Crippen LogP contribution in [-0.2, 0) is 11.3 Å². The van der Waals surface area contributed by atoms with E-state index >= 15 is 0 Å². The van der Waals surface area contributed by atoms with Crippen molar-refractivity contribution in [1.82, 2.24) is 10.2 Å². The SMILES string of the molecule is CN(C)C(=NCc1ccccc1)NCC1(CF)CCOCC1. The van der Waals surface area contributed by atoms with Crippen LogP contribution in [0.1, 0.15) is 18.4 Å². The zero-order valence-electron chi connectivity index (χ0n) is 13.5. The normalized spacial score (nSPS) is 18.0. The van der Waals surface area contributed by atoms with E-state index in [1.165, 1.54) is 0 Å². The fraction of sp³-hybridized carbons (Fsp3) is 0.588. The molecule has 1 aliphatic heterocycles. The first-order valence-corrected chi connectivity index (χ1v) is 7.78. The van der Waals surface area contributed by atoms with E-state index in [1.54, 1.807) is 0 Å². The molecule has 0 amide bonds. The van der Waals surface area contributed by atoms with Crippen molar-refractivity contribution in [3.8, 4) is 0 Å². The number of aliphatic imine (C=N–C) groups is 1. The van der Waals surface area contributed by atoms with Crippen LogP contribution in [-0.4, -0.2) is 51.4 Å². The number of alkyl halides is 1. The lowest BCUT2D eigenvalue weighted by molar-refractivity contribution is 0.00421. The van der Waals surface area contributed by atoms with Gasteiger partial charge in [-0.05, 0) is 18.4 Å². The molecule has 4 nitrogen and oxygen atoms in total. The molecule has 0 aliphatic carbocycles. The number of halogens is 1. The second kappa shape index (κ2) is 8.13. The van der Waals surface area contributed by atoms with E-state index in [-0.39, 0.29) is 12.1 Å². The molecule has 0 radical (unpaired) electrons. The Morgan fingerprint density at radius 2 is 1.95 bits per heavy atom. The lowest BCUT2D eigenvalue weighted by Crippen LogP contribution is -2.46. The average molecular weight is 307 g/mol. The lowest BCUT2D eigenvalue weighted by atomic mass is 9.81. The molecule has 0 aromatic heterocycles. The standard InChI is InChI=1S/C17H26FN3O/c1-21(2)16(19-12-15-6-4-3-5-7-15)20-14-17(13-18)8-10-22-11-9-17/h3-7H,8-14H2,1-2H3,(H,19,20). The first kappa shape index (κ1) is 16.7. The molecular weight excluding hydrogens is 281 g/mol. The van der Waals surface area contributed by atoms with Gasteiger partial charge in [-0.2, -0.15) is 0 Å². The fourth-order valence-electron chi connectivity index (χ4n) is 2.53. The molecule has 0 atom stereocenters. The molecule has 22 heavy (non-hydrogen) atoms. The summed E-state index contributed by atoms with van der Waals surface area (Å²) in [5.41, 5.74) is 0.844. The highest BCUT2D eigenvalue weighted by Gasteiger charge is 2.33. The highest BCUT2D eigenvalue weighted by molar-refractivity contribution is 5.79. The highest BCUT2D eigenvalue weighted by atomic mass is 19.1. The van der Waals surface area contributed by atoms with Crippen LogP contribution in [0.3, 0.4) is 0 Å². The first-order chi connectivity index (χ1) is 10.7. The van der Waals surface area contributed by atoms with Crippen LogP contribution in [0.5, 0.6) is 0 Å². The third-order valence-corrected chi connectivity index (χ3v) is 4.14. The number of benzene rings is 1. The summed E-state index contributed by atoms with van der Waals surface area (Å²) >= 11 is 0. The van der Waals surface area contributed by atoms with Crippen molar-refractivity contribution in [3.63, 3.8) is 0 Å². The van der Waals surface area contributed by atoms with Gasteiger partial charge in [-0.3, -0.25) is 4.39 Å². The minimum Gasteiger partial charge on any atom is -0.381 e. The zero-order valence-corrected chi connectivity index (χ0v) is 13.5. The Labute approximate surface area is 132 Å². The van der Waals surface area contributed by atoms with Crippen LogP contribution in [0.4, 0.5) is 4.39 Å². The largest absolute Gasteiger partial charge is 0.381 e. The predicted molar refractivity (Wildman–Crippen MR) is 87.7 cm³/mol. The van der Waals surface area contributed by atoms with Crippen molar-refractivity contribution in [2.24, 2.45) is 10.4 Å². The Balaban J connectivity index is 1.96. The maximum Gasteiger partial charge on any atom is 0.193 e. The number of guanidine groups is 1. The van der Waals surface area contributed by atoms with E-state index in [2.05, 4.69) is 22.4 Å². The van der Waals surface area contributed by atoms with Gasteiger partial charge < -0.3 is 15.0 Å². The average Bonchev–Trinajstić information content (AvgIpc) is 2.56. The summed E-state index contributed by atoms with van der Waals surface area (Å²) in [7, 11) is 3.89. The number of rotatable bonds is 5. The second-order valence-corrected chi connectivity index (χ2v) is 6.12. The van der Waals surface area contributed by atoms with Crippen molar-refractivity contribution in [3.05, 3.63) is 35.9 Å². The maximum absolute atomic E-state index is 13.5. The minimum absolute atomic E-state index is 0.317. The fourth-order valence-corrected chi connectivity index (χ4v) is 2.53. The third-order valence-electron chi connectivity index (χ3n) is 4.14. The molecule has 1 heterocycles. The molecule has 1 aromatic rings. The molecule has 0 unspecified atom stereocenters. The van der Waals surface area contributed by atoms with Crippen molar-refractivity contribution >= 4 is 5.96 Å². The van der Waals surface area contributed by atoms with Crippen molar-refractivity contribution in [2.45, 2.75) is 19.4 Å².